The number of nitrogens with one attached hydrogen (secondary N) is 2. The second-order valence-electron chi connectivity index (χ2n) is 6.25. The van der Waals surface area contributed by atoms with Gasteiger partial charge in [0.15, 0.2) is 6.61 Å². The Morgan fingerprint density at radius 1 is 1.27 bits per heavy atom. The molecule has 3 rings (SSSR count). The molecule has 1 aromatic heterocycles. The SMILES string of the molecule is Cc1c(C(=O)OCC(=O)NC(=O)NC2CCCC2)sc2cccc(F)c12. The summed E-state index contributed by atoms with van der Waals surface area (Å²) < 4.78 is 19.5. The van der Waals surface area contributed by atoms with Gasteiger partial charge in [0.05, 0.1) is 0 Å². The maximum absolute atomic E-state index is 13.9. The van der Waals surface area contributed by atoms with E-state index in [1.165, 1.54) is 6.07 Å². The maximum Gasteiger partial charge on any atom is 0.349 e. The molecule has 1 aliphatic carbocycles. The number of esters is 1. The van der Waals surface area contributed by atoms with E-state index < -0.39 is 30.3 Å². The van der Waals surface area contributed by atoms with Gasteiger partial charge in [0.2, 0.25) is 0 Å². The Kier molecular flexibility index (Phi) is 5.51. The molecule has 1 fully saturated rings. The van der Waals surface area contributed by atoms with E-state index in [0.29, 0.717) is 15.6 Å². The van der Waals surface area contributed by atoms with Gasteiger partial charge in [-0.05, 0) is 37.5 Å². The van der Waals surface area contributed by atoms with Crippen molar-refractivity contribution in [1.82, 2.24) is 10.6 Å². The van der Waals surface area contributed by atoms with Crippen LogP contribution in [0.3, 0.4) is 0 Å². The molecule has 26 heavy (non-hydrogen) atoms. The van der Waals surface area contributed by atoms with Crippen molar-refractivity contribution < 1.29 is 23.5 Å². The predicted molar refractivity (Wildman–Crippen MR) is 95.7 cm³/mol. The minimum atomic E-state index is -0.713. The number of ether oxygens (including phenoxy) is 1. The fourth-order valence-electron chi connectivity index (χ4n) is 3.10. The zero-order valence-electron chi connectivity index (χ0n) is 14.3. The number of amides is 3. The lowest BCUT2D eigenvalue weighted by Crippen LogP contribution is -2.44. The van der Waals surface area contributed by atoms with Crippen LogP contribution in [0.5, 0.6) is 0 Å². The summed E-state index contributed by atoms with van der Waals surface area (Å²) in [5.74, 6) is -1.83. The Balaban J connectivity index is 1.55. The predicted octanol–water partition coefficient (Wildman–Crippen LogP) is 3.27. The van der Waals surface area contributed by atoms with Crippen LogP contribution in [0.15, 0.2) is 18.2 Å². The topological polar surface area (TPSA) is 84.5 Å². The van der Waals surface area contributed by atoms with Crippen LogP contribution in [0.2, 0.25) is 0 Å². The molecule has 3 amide bonds. The number of hydrogen-bond acceptors (Lipinski definition) is 5. The second-order valence-corrected chi connectivity index (χ2v) is 7.30. The minimum absolute atomic E-state index is 0.0847. The molecule has 0 unspecified atom stereocenters. The molecular formula is C18H19FN2O4S. The van der Waals surface area contributed by atoms with Crippen LogP contribution >= 0.6 is 11.3 Å². The highest BCUT2D eigenvalue weighted by Crippen LogP contribution is 2.32. The molecule has 1 aromatic carbocycles. The molecule has 1 aliphatic rings. The summed E-state index contributed by atoms with van der Waals surface area (Å²) in [5.41, 5.74) is 0.479. The highest BCUT2D eigenvalue weighted by atomic mass is 32.1. The molecule has 8 heteroatoms. The molecule has 1 heterocycles. The number of carbonyl (C=O) groups excluding carboxylic acids is 3. The Bertz CT molecular complexity index is 858. The summed E-state index contributed by atoms with van der Waals surface area (Å²) in [6.45, 7) is 1.06. The summed E-state index contributed by atoms with van der Waals surface area (Å²) >= 11 is 1.11. The van der Waals surface area contributed by atoms with E-state index in [9.17, 15) is 18.8 Å². The average molecular weight is 378 g/mol. The lowest BCUT2D eigenvalue weighted by molar-refractivity contribution is -0.123. The van der Waals surface area contributed by atoms with Crippen LogP contribution < -0.4 is 10.6 Å². The van der Waals surface area contributed by atoms with E-state index in [4.69, 9.17) is 4.74 Å². The molecule has 0 aliphatic heterocycles. The molecule has 138 valence electrons. The van der Waals surface area contributed by atoms with Crippen molar-refractivity contribution in [3.8, 4) is 0 Å². The summed E-state index contributed by atoms with van der Waals surface area (Å²) in [5, 5.41) is 5.23. The van der Waals surface area contributed by atoms with Gasteiger partial charge in [-0.25, -0.2) is 14.0 Å². The number of imide groups is 1. The fourth-order valence-corrected chi connectivity index (χ4v) is 4.22. The van der Waals surface area contributed by atoms with Crippen molar-refractivity contribution in [3.63, 3.8) is 0 Å². The zero-order valence-corrected chi connectivity index (χ0v) is 15.1. The summed E-state index contributed by atoms with van der Waals surface area (Å²) in [6.07, 6.45) is 3.92. The van der Waals surface area contributed by atoms with Crippen molar-refractivity contribution in [2.75, 3.05) is 6.61 Å². The van der Waals surface area contributed by atoms with E-state index in [0.717, 1.165) is 37.0 Å². The Hall–Kier alpha value is -2.48. The molecule has 1 saturated carbocycles. The van der Waals surface area contributed by atoms with E-state index in [2.05, 4.69) is 10.6 Å². The van der Waals surface area contributed by atoms with Gasteiger partial charge in [-0.15, -0.1) is 11.3 Å². The number of rotatable bonds is 4. The van der Waals surface area contributed by atoms with Crippen molar-refractivity contribution in [2.24, 2.45) is 0 Å². The zero-order chi connectivity index (χ0) is 18.7. The number of halogens is 1. The lowest BCUT2D eigenvalue weighted by atomic mass is 10.1. The smallest absolute Gasteiger partial charge is 0.349 e. The summed E-state index contributed by atoms with van der Waals surface area (Å²) in [6, 6.07) is 4.11. The first-order valence-electron chi connectivity index (χ1n) is 8.41. The lowest BCUT2D eigenvalue weighted by Gasteiger charge is -2.12. The molecule has 0 radical (unpaired) electrons. The van der Waals surface area contributed by atoms with E-state index in [-0.39, 0.29) is 10.9 Å². The molecule has 6 nitrogen and oxygen atoms in total. The second kappa shape index (κ2) is 7.82. The summed E-state index contributed by atoms with van der Waals surface area (Å²) in [4.78, 5) is 35.9. The third kappa shape index (κ3) is 4.01. The van der Waals surface area contributed by atoms with Crippen LogP contribution in [0.25, 0.3) is 10.1 Å². The van der Waals surface area contributed by atoms with Gasteiger partial charge in [-0.3, -0.25) is 10.1 Å². The molecular weight excluding hydrogens is 359 g/mol. The number of aryl methyl sites for hydroxylation is 1. The monoisotopic (exact) mass is 378 g/mol. The first-order valence-corrected chi connectivity index (χ1v) is 9.22. The normalized spacial score (nSPS) is 14.4. The Labute approximate surface area is 153 Å². The van der Waals surface area contributed by atoms with Gasteiger partial charge in [0.25, 0.3) is 5.91 Å². The number of fused-ring (bicyclic) bond motifs is 1. The van der Waals surface area contributed by atoms with Gasteiger partial charge in [0.1, 0.15) is 10.7 Å². The molecule has 2 N–H and O–H groups in total. The van der Waals surface area contributed by atoms with E-state index >= 15 is 0 Å². The maximum atomic E-state index is 13.9. The Morgan fingerprint density at radius 2 is 2.00 bits per heavy atom. The van der Waals surface area contributed by atoms with E-state index in [1.54, 1.807) is 19.1 Å². The molecule has 0 spiro atoms. The highest BCUT2D eigenvalue weighted by Gasteiger charge is 2.21. The van der Waals surface area contributed by atoms with Gasteiger partial charge in [-0.1, -0.05) is 18.9 Å². The molecule has 0 bridgehead atoms. The largest absolute Gasteiger partial charge is 0.451 e. The number of carbonyl (C=O) groups is 3. The van der Waals surface area contributed by atoms with Gasteiger partial charge >= 0.3 is 12.0 Å². The Morgan fingerprint density at radius 3 is 2.69 bits per heavy atom. The molecule has 0 atom stereocenters. The standard InChI is InChI=1S/C18H19FN2O4S/c1-10-15-12(19)7-4-8-13(15)26-16(10)17(23)25-9-14(22)21-18(24)20-11-5-2-3-6-11/h4,7-8,11H,2-3,5-6,9H2,1H3,(H2,20,21,22,24). The van der Waals surface area contributed by atoms with Gasteiger partial charge in [-0.2, -0.15) is 0 Å². The first kappa shape index (κ1) is 18.3. The number of benzene rings is 1. The quantitative estimate of drug-likeness (QED) is 0.800. The van der Waals surface area contributed by atoms with Gasteiger partial charge < -0.3 is 10.1 Å². The van der Waals surface area contributed by atoms with Crippen LogP contribution in [-0.2, 0) is 9.53 Å². The molecule has 2 aromatic rings. The number of urea groups is 1. The van der Waals surface area contributed by atoms with Crippen LogP contribution in [0.1, 0.15) is 40.9 Å². The van der Waals surface area contributed by atoms with Crippen molar-refractivity contribution in [2.45, 2.75) is 38.6 Å². The fraction of sp³-hybridized carbons (Fsp3) is 0.389. The number of thiophene rings is 1. The minimum Gasteiger partial charge on any atom is -0.451 e. The van der Waals surface area contributed by atoms with Crippen molar-refractivity contribution in [1.29, 1.82) is 0 Å². The number of hydrogen-bond donors (Lipinski definition) is 2. The van der Waals surface area contributed by atoms with E-state index in [1.807, 2.05) is 0 Å². The van der Waals surface area contributed by atoms with Crippen LogP contribution in [0, 0.1) is 12.7 Å². The molecule has 0 saturated heterocycles. The van der Waals surface area contributed by atoms with Gasteiger partial charge in [0, 0.05) is 16.1 Å². The third-order valence-corrected chi connectivity index (χ3v) is 5.60. The van der Waals surface area contributed by atoms with Crippen LogP contribution in [0.4, 0.5) is 9.18 Å². The summed E-state index contributed by atoms with van der Waals surface area (Å²) in [7, 11) is 0. The third-order valence-electron chi connectivity index (χ3n) is 4.37. The van der Waals surface area contributed by atoms with Crippen molar-refractivity contribution in [3.05, 3.63) is 34.5 Å². The van der Waals surface area contributed by atoms with Crippen molar-refractivity contribution >= 4 is 39.3 Å². The first-order chi connectivity index (χ1) is 12.5. The highest BCUT2D eigenvalue weighted by molar-refractivity contribution is 7.21. The average Bonchev–Trinajstić information content (AvgIpc) is 3.21. The van der Waals surface area contributed by atoms with Crippen LogP contribution in [-0.4, -0.2) is 30.6 Å².